The molecule has 2 aromatic heterocycles. The minimum atomic E-state index is 0.559. The fourth-order valence-electron chi connectivity index (χ4n) is 2.33. The molecule has 0 spiro atoms. The number of amidine groups is 1. The number of aromatic nitrogens is 4. The lowest BCUT2D eigenvalue weighted by Gasteiger charge is -2.03. The summed E-state index contributed by atoms with van der Waals surface area (Å²) in [6.45, 7) is 2.02. The van der Waals surface area contributed by atoms with Crippen LogP contribution in [0.25, 0.3) is 16.9 Å². The van der Waals surface area contributed by atoms with Crippen LogP contribution in [0.5, 0.6) is 0 Å². The Hall–Kier alpha value is -3.05. The monoisotopic (exact) mass is 351 g/mol. The molecule has 25 heavy (non-hydrogen) atoms. The average Bonchev–Trinajstić information content (AvgIpc) is 3.23. The van der Waals surface area contributed by atoms with Gasteiger partial charge in [0.15, 0.2) is 11.4 Å². The number of nitrogens with zero attached hydrogens (tertiary/aromatic N) is 6. The Bertz CT molecular complexity index is 944. The Morgan fingerprint density at radius 2 is 2.04 bits per heavy atom. The van der Waals surface area contributed by atoms with Crippen LogP contribution in [0.4, 0.5) is 5.69 Å². The molecule has 3 rings (SSSR count). The molecular weight excluding hydrogens is 334 g/mol. The quantitative estimate of drug-likeness (QED) is 0.339. The van der Waals surface area contributed by atoms with Gasteiger partial charge < -0.3 is 0 Å². The van der Waals surface area contributed by atoms with Gasteiger partial charge in [0.05, 0.1) is 23.3 Å². The fourth-order valence-corrected chi connectivity index (χ4v) is 2.68. The first-order valence-corrected chi connectivity index (χ1v) is 8.77. The van der Waals surface area contributed by atoms with Crippen molar-refractivity contribution in [1.82, 2.24) is 24.9 Å². The summed E-state index contributed by atoms with van der Waals surface area (Å²) in [5.74, 6) is 0. The van der Waals surface area contributed by atoms with E-state index in [4.69, 9.17) is 5.26 Å². The van der Waals surface area contributed by atoms with Crippen molar-refractivity contribution in [3.63, 3.8) is 0 Å². The van der Waals surface area contributed by atoms with E-state index in [1.807, 2.05) is 78.5 Å². The van der Waals surface area contributed by atoms with Crippen LogP contribution in [0, 0.1) is 18.4 Å². The second kappa shape index (κ2) is 7.23. The highest BCUT2D eigenvalue weighted by atomic mass is 32.2. The van der Waals surface area contributed by atoms with Crippen LogP contribution < -0.4 is 5.32 Å². The number of nitrogens with one attached hydrogen (secondary N) is 1. The molecule has 0 unspecified atom stereocenters. The van der Waals surface area contributed by atoms with Crippen LogP contribution in [0.15, 0.2) is 47.7 Å². The molecule has 7 nitrogen and oxygen atoms in total. The zero-order valence-corrected chi connectivity index (χ0v) is 14.9. The van der Waals surface area contributed by atoms with E-state index >= 15 is 0 Å². The number of aryl methyl sites for hydroxylation is 1. The normalized spacial score (nSPS) is 11.4. The molecule has 0 aliphatic heterocycles. The zero-order valence-electron chi connectivity index (χ0n) is 14.1. The summed E-state index contributed by atoms with van der Waals surface area (Å²) in [5, 5.41) is 20.7. The van der Waals surface area contributed by atoms with Crippen molar-refractivity contribution < 1.29 is 0 Å². The lowest BCUT2D eigenvalue weighted by atomic mass is 10.2. The maximum atomic E-state index is 8.68. The van der Waals surface area contributed by atoms with Crippen LogP contribution in [-0.2, 0) is 7.05 Å². The van der Waals surface area contributed by atoms with Crippen LogP contribution in [0.1, 0.15) is 5.69 Å². The van der Waals surface area contributed by atoms with Crippen molar-refractivity contribution >= 4 is 22.6 Å². The summed E-state index contributed by atoms with van der Waals surface area (Å²) < 4.78 is 3.65. The molecule has 1 aromatic carbocycles. The molecule has 0 saturated carbocycles. The van der Waals surface area contributed by atoms with Crippen LogP contribution in [0.2, 0.25) is 0 Å². The largest absolute Gasteiger partial charge is 0.272 e. The van der Waals surface area contributed by atoms with E-state index in [0.29, 0.717) is 5.17 Å². The summed E-state index contributed by atoms with van der Waals surface area (Å²) in [4.78, 5) is 4.37. The third-order valence-electron chi connectivity index (χ3n) is 3.80. The third kappa shape index (κ3) is 3.56. The Morgan fingerprint density at radius 1 is 1.28 bits per heavy atom. The fraction of sp³-hybridized carbons (Fsp3) is 0.176. The Balaban J connectivity index is 1.84. The number of benzene rings is 1. The molecule has 0 aliphatic carbocycles. The maximum Gasteiger partial charge on any atom is 0.183 e. The zero-order chi connectivity index (χ0) is 17.8. The Labute approximate surface area is 150 Å². The minimum Gasteiger partial charge on any atom is -0.272 e. The molecule has 0 fully saturated rings. The van der Waals surface area contributed by atoms with Crippen LogP contribution in [-0.4, -0.2) is 31.0 Å². The van der Waals surface area contributed by atoms with Gasteiger partial charge in [-0.1, -0.05) is 11.8 Å². The molecule has 0 amide bonds. The first kappa shape index (κ1) is 16.8. The average molecular weight is 351 g/mol. The second-order valence-electron chi connectivity index (χ2n) is 5.29. The predicted octanol–water partition coefficient (Wildman–Crippen LogP) is 3.00. The summed E-state index contributed by atoms with van der Waals surface area (Å²) in [5.41, 5.74) is 4.69. The molecule has 0 radical (unpaired) electrons. The Morgan fingerprint density at radius 3 is 2.64 bits per heavy atom. The van der Waals surface area contributed by atoms with Crippen molar-refractivity contribution in [1.29, 1.82) is 5.26 Å². The van der Waals surface area contributed by atoms with Gasteiger partial charge in [0.25, 0.3) is 0 Å². The summed E-state index contributed by atoms with van der Waals surface area (Å²) in [6.07, 6.45) is 7.49. The molecule has 3 aromatic rings. The van der Waals surface area contributed by atoms with Crippen LogP contribution in [0.3, 0.4) is 0 Å². The molecule has 0 aliphatic rings. The first-order chi connectivity index (χ1) is 12.1. The number of hydrogen-bond donors (Lipinski definition) is 1. The van der Waals surface area contributed by atoms with Gasteiger partial charge in [-0.25, -0.2) is 9.67 Å². The minimum absolute atomic E-state index is 0.559. The summed E-state index contributed by atoms with van der Waals surface area (Å²) in [6, 6.07) is 9.63. The Kier molecular flexibility index (Phi) is 4.86. The van der Waals surface area contributed by atoms with Gasteiger partial charge in [-0.15, -0.1) is 0 Å². The number of aliphatic imine (C=N–C) groups is 1. The van der Waals surface area contributed by atoms with Gasteiger partial charge in [-0.05, 0) is 43.5 Å². The van der Waals surface area contributed by atoms with E-state index in [1.165, 1.54) is 11.8 Å². The van der Waals surface area contributed by atoms with E-state index in [9.17, 15) is 0 Å². The molecule has 0 bridgehead atoms. The first-order valence-electron chi connectivity index (χ1n) is 7.55. The lowest BCUT2D eigenvalue weighted by molar-refractivity contribution is 0.740. The van der Waals surface area contributed by atoms with Crippen molar-refractivity contribution in [2.24, 2.45) is 12.0 Å². The van der Waals surface area contributed by atoms with Gasteiger partial charge in [0.2, 0.25) is 0 Å². The van der Waals surface area contributed by atoms with E-state index in [-0.39, 0.29) is 0 Å². The van der Waals surface area contributed by atoms with Gasteiger partial charge in [0, 0.05) is 24.5 Å². The predicted molar refractivity (Wildman–Crippen MR) is 99.9 cm³/mol. The van der Waals surface area contributed by atoms with Gasteiger partial charge in [-0.2, -0.15) is 15.5 Å². The number of thioether (sulfide) groups is 1. The molecule has 0 saturated heterocycles. The maximum absolute atomic E-state index is 8.68. The smallest absolute Gasteiger partial charge is 0.183 e. The summed E-state index contributed by atoms with van der Waals surface area (Å²) in [7, 11) is 1.92. The standard InChI is InChI=1S/C17H17N7S/c1-12-15(10-20-23(12)2)16-8-9-24(22-16)14-6-4-13(5-7-14)21-17(25-3)19-11-18/h4-10H,1-3H3,(H,19,21). The highest BCUT2D eigenvalue weighted by Gasteiger charge is 2.10. The topological polar surface area (TPSA) is 83.8 Å². The van der Waals surface area contributed by atoms with Gasteiger partial charge in [-0.3, -0.25) is 10.00 Å². The number of nitriles is 1. The lowest BCUT2D eigenvalue weighted by Crippen LogP contribution is -2.12. The number of hydrogen-bond acceptors (Lipinski definition) is 5. The SMILES string of the molecule is CSC(=Nc1ccc(-n2ccc(-c3cnn(C)c3C)n2)cc1)NC#N. The van der Waals surface area contributed by atoms with E-state index in [0.717, 1.165) is 28.3 Å². The second-order valence-corrected chi connectivity index (χ2v) is 6.08. The van der Waals surface area contributed by atoms with E-state index in [2.05, 4.69) is 20.5 Å². The van der Waals surface area contributed by atoms with Gasteiger partial charge >= 0.3 is 0 Å². The van der Waals surface area contributed by atoms with Gasteiger partial charge in [0.1, 0.15) is 0 Å². The number of rotatable bonds is 3. The van der Waals surface area contributed by atoms with Crippen molar-refractivity contribution in [3.05, 3.63) is 48.4 Å². The van der Waals surface area contributed by atoms with E-state index in [1.54, 1.807) is 0 Å². The highest BCUT2D eigenvalue weighted by molar-refractivity contribution is 8.13. The van der Waals surface area contributed by atoms with Crippen molar-refractivity contribution in [3.8, 4) is 23.1 Å². The van der Waals surface area contributed by atoms with Crippen LogP contribution >= 0.6 is 11.8 Å². The van der Waals surface area contributed by atoms with E-state index < -0.39 is 0 Å². The van der Waals surface area contributed by atoms with Crippen molar-refractivity contribution in [2.45, 2.75) is 6.92 Å². The molecule has 0 atom stereocenters. The van der Waals surface area contributed by atoms with Crippen molar-refractivity contribution in [2.75, 3.05) is 6.26 Å². The molecular formula is C17H17N7S. The molecule has 2 heterocycles. The molecule has 126 valence electrons. The summed E-state index contributed by atoms with van der Waals surface area (Å²) >= 11 is 1.39. The highest BCUT2D eigenvalue weighted by Crippen LogP contribution is 2.22. The molecule has 1 N–H and O–H groups in total. The third-order valence-corrected chi connectivity index (χ3v) is 4.38. The molecule has 8 heteroatoms.